The third-order valence-corrected chi connectivity index (χ3v) is 2.38. The molecule has 0 spiro atoms. The van der Waals surface area contributed by atoms with E-state index < -0.39 is 5.91 Å². The molecule has 0 aromatic heterocycles. The lowest BCUT2D eigenvalue weighted by Gasteiger charge is -2.09. The molecule has 1 aromatic rings. The number of anilines is 1. The molecular weight excluding hydrogens is 256 g/mol. The van der Waals surface area contributed by atoms with Gasteiger partial charge < -0.3 is 15.8 Å². The SMILES string of the molecule is CC(C)OCC(=O)Nc1ccc(C(N)=O)c(Cl)c1. The molecule has 1 aromatic carbocycles. The summed E-state index contributed by atoms with van der Waals surface area (Å²) in [6.45, 7) is 3.64. The van der Waals surface area contributed by atoms with Crippen LogP contribution in [0.2, 0.25) is 5.02 Å². The zero-order valence-electron chi connectivity index (χ0n) is 10.2. The van der Waals surface area contributed by atoms with E-state index in [-0.39, 0.29) is 29.2 Å². The van der Waals surface area contributed by atoms with E-state index in [1.165, 1.54) is 12.1 Å². The van der Waals surface area contributed by atoms with Crippen molar-refractivity contribution in [1.82, 2.24) is 0 Å². The molecule has 2 amide bonds. The average molecular weight is 271 g/mol. The van der Waals surface area contributed by atoms with Crippen LogP contribution in [0.15, 0.2) is 18.2 Å². The molecule has 0 radical (unpaired) electrons. The zero-order valence-corrected chi connectivity index (χ0v) is 11.0. The summed E-state index contributed by atoms with van der Waals surface area (Å²) in [7, 11) is 0. The molecule has 0 aliphatic carbocycles. The Kier molecular flexibility index (Phi) is 5.12. The summed E-state index contributed by atoms with van der Waals surface area (Å²) in [4.78, 5) is 22.4. The first-order valence-electron chi connectivity index (χ1n) is 5.41. The first-order valence-corrected chi connectivity index (χ1v) is 5.78. The number of hydrogen-bond acceptors (Lipinski definition) is 3. The van der Waals surface area contributed by atoms with Crippen molar-refractivity contribution >= 4 is 29.1 Å². The van der Waals surface area contributed by atoms with Gasteiger partial charge in [-0.25, -0.2) is 0 Å². The normalized spacial score (nSPS) is 10.4. The van der Waals surface area contributed by atoms with Crippen LogP contribution in [-0.2, 0) is 9.53 Å². The fourth-order valence-corrected chi connectivity index (χ4v) is 1.51. The first kappa shape index (κ1) is 14.5. The quantitative estimate of drug-likeness (QED) is 0.856. The number of hydrogen-bond donors (Lipinski definition) is 2. The topological polar surface area (TPSA) is 81.4 Å². The highest BCUT2D eigenvalue weighted by Crippen LogP contribution is 2.20. The van der Waals surface area contributed by atoms with E-state index in [0.717, 1.165) is 0 Å². The number of carbonyl (C=O) groups excluding carboxylic acids is 2. The van der Waals surface area contributed by atoms with Gasteiger partial charge in [-0.1, -0.05) is 11.6 Å². The van der Waals surface area contributed by atoms with E-state index >= 15 is 0 Å². The summed E-state index contributed by atoms with van der Waals surface area (Å²) < 4.78 is 5.15. The predicted molar refractivity (Wildman–Crippen MR) is 69.7 cm³/mol. The van der Waals surface area contributed by atoms with E-state index in [4.69, 9.17) is 22.1 Å². The molecule has 18 heavy (non-hydrogen) atoms. The average Bonchev–Trinajstić information content (AvgIpc) is 2.26. The van der Waals surface area contributed by atoms with Gasteiger partial charge in [0.1, 0.15) is 6.61 Å². The lowest BCUT2D eigenvalue weighted by molar-refractivity contribution is -0.121. The van der Waals surface area contributed by atoms with Crippen LogP contribution in [0.25, 0.3) is 0 Å². The lowest BCUT2D eigenvalue weighted by atomic mass is 10.2. The van der Waals surface area contributed by atoms with Crippen molar-refractivity contribution in [3.05, 3.63) is 28.8 Å². The molecule has 0 aliphatic heterocycles. The number of nitrogens with one attached hydrogen (secondary N) is 1. The van der Waals surface area contributed by atoms with Crippen molar-refractivity contribution in [2.75, 3.05) is 11.9 Å². The smallest absolute Gasteiger partial charge is 0.250 e. The Balaban J connectivity index is 2.66. The molecule has 0 heterocycles. The Labute approximate surface area is 110 Å². The van der Waals surface area contributed by atoms with Crippen LogP contribution >= 0.6 is 11.6 Å². The minimum absolute atomic E-state index is 0.0171. The second-order valence-corrected chi connectivity index (χ2v) is 4.37. The highest BCUT2D eigenvalue weighted by molar-refractivity contribution is 6.34. The fraction of sp³-hybridized carbons (Fsp3) is 0.333. The summed E-state index contributed by atoms with van der Waals surface area (Å²) in [5.41, 5.74) is 5.82. The summed E-state index contributed by atoms with van der Waals surface area (Å²) in [5, 5.41) is 2.80. The van der Waals surface area contributed by atoms with Crippen LogP contribution in [0, 0.1) is 0 Å². The van der Waals surface area contributed by atoms with Gasteiger partial charge in [0.05, 0.1) is 16.7 Å². The number of ether oxygens (including phenoxy) is 1. The number of rotatable bonds is 5. The van der Waals surface area contributed by atoms with Crippen molar-refractivity contribution in [3.8, 4) is 0 Å². The fourth-order valence-electron chi connectivity index (χ4n) is 1.23. The van der Waals surface area contributed by atoms with Gasteiger partial charge >= 0.3 is 0 Å². The lowest BCUT2D eigenvalue weighted by Crippen LogP contribution is -2.20. The van der Waals surface area contributed by atoms with E-state index in [0.29, 0.717) is 5.69 Å². The van der Waals surface area contributed by atoms with Crippen LogP contribution in [0.3, 0.4) is 0 Å². The molecule has 5 nitrogen and oxygen atoms in total. The molecule has 98 valence electrons. The second-order valence-electron chi connectivity index (χ2n) is 3.97. The van der Waals surface area contributed by atoms with Gasteiger partial charge in [0.15, 0.2) is 0 Å². The number of primary amides is 1. The molecule has 0 saturated carbocycles. The summed E-state index contributed by atoms with van der Waals surface area (Å²) in [6, 6.07) is 4.48. The maximum Gasteiger partial charge on any atom is 0.250 e. The monoisotopic (exact) mass is 270 g/mol. The minimum Gasteiger partial charge on any atom is -0.369 e. The predicted octanol–water partition coefficient (Wildman–Crippen LogP) is 1.80. The van der Waals surface area contributed by atoms with Crippen molar-refractivity contribution in [1.29, 1.82) is 0 Å². The third-order valence-electron chi connectivity index (χ3n) is 2.07. The summed E-state index contributed by atoms with van der Waals surface area (Å²) in [5.74, 6) is -0.896. The molecule has 0 bridgehead atoms. The van der Waals surface area contributed by atoms with E-state index in [9.17, 15) is 9.59 Å². The molecule has 0 aliphatic rings. The van der Waals surface area contributed by atoms with Crippen molar-refractivity contribution in [2.45, 2.75) is 20.0 Å². The molecular formula is C12H15ClN2O3. The number of carbonyl (C=O) groups is 2. The zero-order chi connectivity index (χ0) is 13.7. The van der Waals surface area contributed by atoms with Crippen LogP contribution in [0.5, 0.6) is 0 Å². The van der Waals surface area contributed by atoms with E-state index in [1.54, 1.807) is 6.07 Å². The van der Waals surface area contributed by atoms with Crippen LogP contribution < -0.4 is 11.1 Å². The Morgan fingerprint density at radius 3 is 2.61 bits per heavy atom. The Morgan fingerprint density at radius 1 is 1.44 bits per heavy atom. The Bertz CT molecular complexity index is 461. The number of nitrogens with two attached hydrogens (primary N) is 1. The van der Waals surface area contributed by atoms with Gasteiger partial charge in [0.2, 0.25) is 11.8 Å². The third kappa shape index (κ3) is 4.35. The van der Waals surface area contributed by atoms with Gasteiger partial charge in [0.25, 0.3) is 0 Å². The Hall–Kier alpha value is -1.59. The number of benzene rings is 1. The maximum atomic E-state index is 11.5. The standard InChI is InChI=1S/C12H15ClN2O3/c1-7(2)18-6-11(16)15-8-3-4-9(12(14)17)10(13)5-8/h3-5,7H,6H2,1-2H3,(H2,14,17)(H,15,16). The van der Waals surface area contributed by atoms with E-state index in [1.807, 2.05) is 13.8 Å². The molecule has 3 N–H and O–H groups in total. The highest BCUT2D eigenvalue weighted by atomic mass is 35.5. The van der Waals surface area contributed by atoms with E-state index in [2.05, 4.69) is 5.32 Å². The summed E-state index contributed by atoms with van der Waals surface area (Å²) in [6.07, 6.45) is -0.0171. The maximum absolute atomic E-state index is 11.5. The Morgan fingerprint density at radius 2 is 2.11 bits per heavy atom. The van der Waals surface area contributed by atoms with Crippen molar-refractivity contribution in [3.63, 3.8) is 0 Å². The van der Waals surface area contributed by atoms with Gasteiger partial charge in [0, 0.05) is 5.69 Å². The van der Waals surface area contributed by atoms with Gasteiger partial charge in [-0.15, -0.1) is 0 Å². The van der Waals surface area contributed by atoms with Gasteiger partial charge in [-0.2, -0.15) is 0 Å². The second kappa shape index (κ2) is 6.37. The molecule has 0 atom stereocenters. The van der Waals surface area contributed by atoms with Gasteiger partial charge in [-0.3, -0.25) is 9.59 Å². The van der Waals surface area contributed by atoms with Crippen molar-refractivity contribution in [2.24, 2.45) is 5.73 Å². The highest BCUT2D eigenvalue weighted by Gasteiger charge is 2.09. The van der Waals surface area contributed by atoms with Crippen LogP contribution in [0.4, 0.5) is 5.69 Å². The molecule has 1 rings (SSSR count). The van der Waals surface area contributed by atoms with Crippen molar-refractivity contribution < 1.29 is 14.3 Å². The minimum atomic E-state index is -0.610. The largest absolute Gasteiger partial charge is 0.369 e. The molecule has 6 heteroatoms. The van der Waals surface area contributed by atoms with Crippen LogP contribution in [-0.4, -0.2) is 24.5 Å². The molecule has 0 saturated heterocycles. The first-order chi connectivity index (χ1) is 8.40. The van der Waals surface area contributed by atoms with Crippen LogP contribution in [0.1, 0.15) is 24.2 Å². The number of amides is 2. The molecule has 0 unspecified atom stereocenters. The number of halogens is 1. The molecule has 0 fully saturated rings. The van der Waals surface area contributed by atoms with Gasteiger partial charge in [-0.05, 0) is 32.0 Å². The summed E-state index contributed by atoms with van der Waals surface area (Å²) >= 11 is 5.85.